The third-order valence-corrected chi connectivity index (χ3v) is 6.04. The molecular weight excluding hydrogens is 396 g/mol. The summed E-state index contributed by atoms with van der Waals surface area (Å²) in [6, 6.07) is 17.1. The molecule has 6 nitrogen and oxygen atoms in total. The Morgan fingerprint density at radius 1 is 0.562 bits per heavy atom. The summed E-state index contributed by atoms with van der Waals surface area (Å²) in [6.45, 7) is 8.46. The summed E-state index contributed by atoms with van der Waals surface area (Å²) in [7, 11) is 0. The van der Waals surface area contributed by atoms with E-state index in [4.69, 9.17) is 11.5 Å². The van der Waals surface area contributed by atoms with Crippen molar-refractivity contribution in [3.8, 4) is 33.6 Å². The molecule has 4 aromatic rings. The quantitative estimate of drug-likeness (QED) is 0.418. The molecule has 2 atom stereocenters. The van der Waals surface area contributed by atoms with Gasteiger partial charge in [-0.25, -0.2) is 9.97 Å². The van der Waals surface area contributed by atoms with E-state index in [1.165, 1.54) is 0 Å². The molecule has 0 saturated heterocycles. The number of nitrogens with zero attached hydrogens (tertiary/aromatic N) is 4. The molecule has 0 aliphatic rings. The van der Waals surface area contributed by atoms with Gasteiger partial charge in [-0.05, 0) is 34.1 Å². The van der Waals surface area contributed by atoms with Gasteiger partial charge in [0.2, 0.25) is 0 Å². The minimum absolute atomic E-state index is 0.100. The van der Waals surface area contributed by atoms with Gasteiger partial charge in [-0.3, -0.25) is 0 Å². The summed E-state index contributed by atoms with van der Waals surface area (Å²) in [5.74, 6) is 0.652. The highest BCUT2D eigenvalue weighted by atomic mass is 15.2. The molecule has 0 amide bonds. The van der Waals surface area contributed by atoms with E-state index >= 15 is 0 Å². The lowest BCUT2D eigenvalue weighted by molar-refractivity contribution is 0.391. The topological polar surface area (TPSA) is 87.7 Å². The largest absolute Gasteiger partial charge is 0.314 e. The average Bonchev–Trinajstić information content (AvgIpc) is 3.48. The predicted molar refractivity (Wildman–Crippen MR) is 130 cm³/mol. The van der Waals surface area contributed by atoms with Crippen molar-refractivity contribution in [2.24, 2.45) is 23.3 Å². The highest BCUT2D eigenvalue weighted by Gasteiger charge is 2.16. The van der Waals surface area contributed by atoms with Gasteiger partial charge in [0.25, 0.3) is 0 Å². The number of hydrogen-bond acceptors (Lipinski definition) is 4. The number of aromatic nitrogens is 4. The zero-order valence-corrected chi connectivity index (χ0v) is 19.2. The Kier molecular flexibility index (Phi) is 6.26. The van der Waals surface area contributed by atoms with Crippen molar-refractivity contribution in [3.63, 3.8) is 0 Å². The van der Waals surface area contributed by atoms with Gasteiger partial charge >= 0.3 is 0 Å². The van der Waals surface area contributed by atoms with Crippen LogP contribution in [-0.2, 0) is 0 Å². The van der Waals surface area contributed by atoms with E-state index in [9.17, 15) is 0 Å². The van der Waals surface area contributed by atoms with Crippen LogP contribution in [-0.4, -0.2) is 19.1 Å². The lowest BCUT2D eigenvalue weighted by atomic mass is 10.0. The second-order valence-electron chi connectivity index (χ2n) is 9.00. The van der Waals surface area contributed by atoms with Crippen LogP contribution < -0.4 is 11.5 Å². The van der Waals surface area contributed by atoms with Crippen LogP contribution in [0.3, 0.4) is 0 Å². The van der Waals surface area contributed by atoms with Crippen LogP contribution >= 0.6 is 0 Å². The van der Waals surface area contributed by atoms with Gasteiger partial charge < -0.3 is 20.6 Å². The fourth-order valence-corrected chi connectivity index (χ4v) is 3.84. The summed E-state index contributed by atoms with van der Waals surface area (Å²) < 4.78 is 4.08. The molecule has 0 bridgehead atoms. The van der Waals surface area contributed by atoms with Crippen molar-refractivity contribution in [3.05, 3.63) is 73.6 Å². The molecule has 4 N–H and O–H groups in total. The molecule has 2 unspecified atom stereocenters. The van der Waals surface area contributed by atoms with Gasteiger partial charge in [-0.2, -0.15) is 0 Å². The molecule has 2 heterocycles. The SMILES string of the molecule is CC(C)C(N)n1cncc1-c1ccc(-c2ccc(-c3cncn3C(N)C(C)C)cc2)cc1. The molecule has 0 aliphatic carbocycles. The van der Waals surface area contributed by atoms with E-state index in [0.717, 1.165) is 33.6 Å². The first-order valence-corrected chi connectivity index (χ1v) is 11.1. The average molecular weight is 429 g/mol. The number of benzene rings is 2. The van der Waals surface area contributed by atoms with Gasteiger partial charge in [0.05, 0.1) is 48.8 Å². The molecule has 2 aromatic heterocycles. The van der Waals surface area contributed by atoms with E-state index in [1.807, 2.05) is 34.2 Å². The van der Waals surface area contributed by atoms with E-state index in [2.05, 4.69) is 86.2 Å². The third-order valence-electron chi connectivity index (χ3n) is 6.04. The normalized spacial score (nSPS) is 13.6. The second-order valence-corrected chi connectivity index (χ2v) is 9.00. The Morgan fingerprint density at radius 2 is 0.875 bits per heavy atom. The van der Waals surface area contributed by atoms with Gasteiger partial charge in [0.15, 0.2) is 0 Å². The standard InChI is InChI=1S/C26H32N6/c1-17(2)25(27)31-15-29-13-23(31)21-9-5-19(6-10-21)20-7-11-22(12-8-20)24-14-30-16-32(24)26(28)18(3)4/h5-18,25-26H,27-28H2,1-4H3. The fraction of sp³-hybridized carbons (Fsp3) is 0.308. The van der Waals surface area contributed by atoms with Crippen molar-refractivity contribution < 1.29 is 0 Å². The Bertz CT molecular complexity index is 1060. The molecule has 0 radical (unpaired) electrons. The van der Waals surface area contributed by atoms with Crippen LogP contribution in [0.1, 0.15) is 40.0 Å². The van der Waals surface area contributed by atoms with Crippen molar-refractivity contribution >= 4 is 0 Å². The molecule has 0 aliphatic heterocycles. The summed E-state index contributed by atoms with van der Waals surface area (Å²) >= 11 is 0. The minimum Gasteiger partial charge on any atom is -0.314 e. The summed E-state index contributed by atoms with van der Waals surface area (Å²) in [6.07, 6.45) is 7.16. The van der Waals surface area contributed by atoms with Crippen molar-refractivity contribution in [1.82, 2.24) is 19.1 Å². The predicted octanol–water partition coefficient (Wildman–Crippen LogP) is 5.31. The maximum atomic E-state index is 6.35. The number of nitrogens with two attached hydrogens (primary N) is 2. The lowest BCUT2D eigenvalue weighted by Crippen LogP contribution is -2.24. The van der Waals surface area contributed by atoms with Gasteiger partial charge in [-0.15, -0.1) is 0 Å². The molecule has 4 rings (SSSR count). The lowest BCUT2D eigenvalue weighted by Gasteiger charge is -2.20. The van der Waals surface area contributed by atoms with Crippen molar-refractivity contribution in [2.75, 3.05) is 0 Å². The van der Waals surface area contributed by atoms with Crippen molar-refractivity contribution in [2.45, 2.75) is 40.0 Å². The maximum Gasteiger partial charge on any atom is 0.0964 e. The Balaban J connectivity index is 1.57. The van der Waals surface area contributed by atoms with E-state index in [-0.39, 0.29) is 12.3 Å². The molecule has 32 heavy (non-hydrogen) atoms. The Hall–Kier alpha value is -3.22. The summed E-state index contributed by atoms with van der Waals surface area (Å²) in [4.78, 5) is 8.63. The van der Waals surface area contributed by atoms with E-state index in [1.54, 1.807) is 0 Å². The van der Waals surface area contributed by atoms with Crippen LogP contribution in [0, 0.1) is 11.8 Å². The Morgan fingerprint density at radius 3 is 1.19 bits per heavy atom. The monoisotopic (exact) mass is 428 g/mol. The zero-order valence-electron chi connectivity index (χ0n) is 19.2. The molecule has 0 saturated carbocycles. The van der Waals surface area contributed by atoms with Gasteiger partial charge in [0, 0.05) is 0 Å². The first-order chi connectivity index (χ1) is 15.4. The molecule has 0 fully saturated rings. The van der Waals surface area contributed by atoms with Gasteiger partial charge in [0.1, 0.15) is 0 Å². The van der Waals surface area contributed by atoms with Crippen LogP contribution in [0.15, 0.2) is 73.6 Å². The summed E-state index contributed by atoms with van der Waals surface area (Å²) in [5.41, 5.74) is 19.3. The third kappa shape index (κ3) is 4.24. The maximum absolute atomic E-state index is 6.35. The van der Waals surface area contributed by atoms with E-state index in [0.29, 0.717) is 11.8 Å². The van der Waals surface area contributed by atoms with Crippen LogP contribution in [0.5, 0.6) is 0 Å². The Labute approximate surface area is 189 Å². The zero-order chi connectivity index (χ0) is 22.8. The molecular formula is C26H32N6. The first-order valence-electron chi connectivity index (χ1n) is 11.1. The molecule has 0 spiro atoms. The number of rotatable bonds is 7. The smallest absolute Gasteiger partial charge is 0.0964 e. The van der Waals surface area contributed by atoms with E-state index < -0.39 is 0 Å². The van der Waals surface area contributed by atoms with Crippen molar-refractivity contribution in [1.29, 1.82) is 0 Å². The summed E-state index contributed by atoms with van der Waals surface area (Å²) in [5, 5.41) is 0. The van der Waals surface area contributed by atoms with Gasteiger partial charge in [-0.1, -0.05) is 76.2 Å². The molecule has 6 heteroatoms. The number of imidazole rings is 2. The van der Waals surface area contributed by atoms with Crippen LogP contribution in [0.2, 0.25) is 0 Å². The number of hydrogen-bond donors (Lipinski definition) is 2. The second kappa shape index (κ2) is 9.10. The minimum atomic E-state index is -0.100. The highest BCUT2D eigenvalue weighted by Crippen LogP contribution is 2.29. The molecule has 166 valence electrons. The van der Waals surface area contributed by atoms with Crippen LogP contribution in [0.4, 0.5) is 0 Å². The molecule has 2 aromatic carbocycles. The highest BCUT2D eigenvalue weighted by molar-refractivity contribution is 5.71. The van der Waals surface area contributed by atoms with Crippen LogP contribution in [0.25, 0.3) is 33.6 Å². The fourth-order valence-electron chi connectivity index (χ4n) is 3.84. The first kappa shape index (κ1) is 22.0.